The molecule has 0 saturated heterocycles. The predicted octanol–water partition coefficient (Wildman–Crippen LogP) is 3.38. The first-order chi connectivity index (χ1) is 8.10. The third kappa shape index (κ3) is 2.27. The fourth-order valence-electron chi connectivity index (χ4n) is 1.29. The second-order valence-electron chi connectivity index (χ2n) is 3.40. The first kappa shape index (κ1) is 14.3. The lowest BCUT2D eigenvalue weighted by Gasteiger charge is -2.27. The summed E-state index contributed by atoms with van der Waals surface area (Å²) in [5, 5.41) is 8.53. The molecule has 1 atom stereocenters. The molecule has 8 heteroatoms. The molecule has 0 aliphatic carbocycles. The monoisotopic (exact) mass is 272 g/mol. The minimum absolute atomic E-state index is 0.238. The summed E-state index contributed by atoms with van der Waals surface area (Å²) in [5.41, 5.74) is -7.04. The Morgan fingerprint density at radius 1 is 1.17 bits per heavy atom. The highest BCUT2D eigenvalue weighted by Crippen LogP contribution is 2.46. The molecule has 0 aliphatic rings. The van der Waals surface area contributed by atoms with Crippen LogP contribution in [-0.4, -0.2) is 23.7 Å². The standard InChI is InChI=1S/C10H6F6O2/c11-8(12)9(13,10(14,15)16)6-3-1-2-5(4-6)7(17)18/h1-4,8H,(H,17,18). The Labute approximate surface area is 96.8 Å². The maximum Gasteiger partial charge on any atom is 0.432 e. The predicted molar refractivity (Wildman–Crippen MR) is 48.2 cm³/mol. The highest BCUT2D eigenvalue weighted by molar-refractivity contribution is 5.87. The van der Waals surface area contributed by atoms with Gasteiger partial charge in [-0.25, -0.2) is 18.0 Å². The summed E-state index contributed by atoms with van der Waals surface area (Å²) >= 11 is 0. The maximum atomic E-state index is 13.5. The number of aromatic carboxylic acids is 1. The summed E-state index contributed by atoms with van der Waals surface area (Å²) in [4.78, 5) is 10.5. The number of carboxylic acid groups (broad SMARTS) is 1. The van der Waals surface area contributed by atoms with E-state index in [0.29, 0.717) is 6.07 Å². The third-order valence-corrected chi connectivity index (χ3v) is 2.24. The summed E-state index contributed by atoms with van der Waals surface area (Å²) in [6.07, 6.45) is -10.2. The van der Waals surface area contributed by atoms with Crippen LogP contribution in [0.2, 0.25) is 0 Å². The number of hydrogen-bond donors (Lipinski definition) is 1. The number of alkyl halides is 6. The second-order valence-corrected chi connectivity index (χ2v) is 3.40. The van der Waals surface area contributed by atoms with Gasteiger partial charge in [0.25, 0.3) is 12.1 Å². The zero-order chi connectivity index (χ0) is 14.1. The molecule has 0 heterocycles. The maximum absolute atomic E-state index is 13.5. The molecule has 2 nitrogen and oxygen atoms in total. The van der Waals surface area contributed by atoms with Crippen molar-refractivity contribution in [2.45, 2.75) is 18.3 Å². The van der Waals surface area contributed by atoms with Gasteiger partial charge in [0, 0.05) is 5.56 Å². The van der Waals surface area contributed by atoms with E-state index in [9.17, 15) is 31.1 Å². The number of carbonyl (C=O) groups is 1. The largest absolute Gasteiger partial charge is 0.478 e. The molecule has 0 aromatic heterocycles. The van der Waals surface area contributed by atoms with Crippen molar-refractivity contribution < 1.29 is 36.2 Å². The molecule has 1 unspecified atom stereocenters. The molecule has 1 aromatic carbocycles. The van der Waals surface area contributed by atoms with Crippen LogP contribution in [0.1, 0.15) is 15.9 Å². The molecule has 0 fully saturated rings. The Morgan fingerprint density at radius 2 is 1.72 bits per heavy atom. The first-order valence-electron chi connectivity index (χ1n) is 4.48. The van der Waals surface area contributed by atoms with Gasteiger partial charge in [-0.1, -0.05) is 12.1 Å². The molecule has 0 radical (unpaired) electrons. The summed E-state index contributed by atoms with van der Waals surface area (Å²) in [6, 6.07) is 2.34. The minimum Gasteiger partial charge on any atom is -0.478 e. The van der Waals surface area contributed by atoms with Crippen molar-refractivity contribution in [3.05, 3.63) is 35.4 Å². The van der Waals surface area contributed by atoms with Crippen LogP contribution in [0.4, 0.5) is 26.3 Å². The van der Waals surface area contributed by atoms with Crippen molar-refractivity contribution in [1.29, 1.82) is 0 Å². The smallest absolute Gasteiger partial charge is 0.432 e. The van der Waals surface area contributed by atoms with E-state index in [-0.39, 0.29) is 6.07 Å². The Balaban J connectivity index is 3.40. The van der Waals surface area contributed by atoms with Gasteiger partial charge in [0.05, 0.1) is 5.56 Å². The van der Waals surface area contributed by atoms with Crippen molar-refractivity contribution in [2.75, 3.05) is 0 Å². The van der Waals surface area contributed by atoms with E-state index in [1.54, 1.807) is 0 Å². The van der Waals surface area contributed by atoms with Crippen LogP contribution in [0.15, 0.2) is 24.3 Å². The van der Waals surface area contributed by atoms with Crippen molar-refractivity contribution >= 4 is 5.97 Å². The zero-order valence-electron chi connectivity index (χ0n) is 8.51. The minimum atomic E-state index is -5.85. The fraction of sp³-hybridized carbons (Fsp3) is 0.300. The zero-order valence-corrected chi connectivity index (χ0v) is 8.51. The van der Waals surface area contributed by atoms with Crippen molar-refractivity contribution in [2.24, 2.45) is 0 Å². The lowest BCUT2D eigenvalue weighted by Crippen LogP contribution is -2.44. The molecule has 1 N–H and O–H groups in total. The SMILES string of the molecule is O=C(O)c1cccc(C(F)(C(F)F)C(F)(F)F)c1. The van der Waals surface area contributed by atoms with Gasteiger partial charge in [0.15, 0.2) is 0 Å². The van der Waals surface area contributed by atoms with Crippen molar-refractivity contribution in [3.8, 4) is 0 Å². The van der Waals surface area contributed by atoms with Gasteiger partial charge < -0.3 is 5.11 Å². The van der Waals surface area contributed by atoms with Crippen molar-refractivity contribution in [1.82, 2.24) is 0 Å². The van der Waals surface area contributed by atoms with Gasteiger partial charge in [0.1, 0.15) is 0 Å². The molecule has 0 aliphatic heterocycles. The second kappa shape index (κ2) is 4.51. The average Bonchev–Trinajstić information content (AvgIpc) is 2.26. The number of benzene rings is 1. The van der Waals surface area contributed by atoms with Gasteiger partial charge in [-0.3, -0.25) is 0 Å². The van der Waals surface area contributed by atoms with Gasteiger partial charge in [0.2, 0.25) is 0 Å². The molecule has 18 heavy (non-hydrogen) atoms. The number of carboxylic acids is 1. The first-order valence-corrected chi connectivity index (χ1v) is 4.48. The lowest BCUT2D eigenvalue weighted by molar-refractivity contribution is -0.274. The Bertz CT molecular complexity index is 456. The van der Waals surface area contributed by atoms with E-state index >= 15 is 0 Å². The number of halogens is 6. The molecule has 1 aromatic rings. The lowest BCUT2D eigenvalue weighted by atomic mass is 9.94. The molecular formula is C10H6F6O2. The Morgan fingerprint density at radius 3 is 2.11 bits per heavy atom. The van der Waals surface area contributed by atoms with E-state index in [4.69, 9.17) is 5.11 Å². The van der Waals surface area contributed by atoms with Gasteiger partial charge in [-0.15, -0.1) is 0 Å². The van der Waals surface area contributed by atoms with Gasteiger partial charge in [-0.2, -0.15) is 13.2 Å². The van der Waals surface area contributed by atoms with Crippen LogP contribution in [0.3, 0.4) is 0 Å². The van der Waals surface area contributed by atoms with Gasteiger partial charge in [-0.05, 0) is 12.1 Å². The van der Waals surface area contributed by atoms with Crippen LogP contribution in [0, 0.1) is 0 Å². The van der Waals surface area contributed by atoms with E-state index in [1.807, 2.05) is 0 Å². The molecule has 0 spiro atoms. The Kier molecular flexibility index (Phi) is 3.59. The number of hydrogen-bond acceptors (Lipinski definition) is 1. The number of rotatable bonds is 3. The summed E-state index contributed by atoms with van der Waals surface area (Å²) in [7, 11) is 0. The summed E-state index contributed by atoms with van der Waals surface area (Å²) in [5.74, 6) is -1.64. The van der Waals surface area contributed by atoms with Crippen molar-refractivity contribution in [3.63, 3.8) is 0 Å². The average molecular weight is 272 g/mol. The molecule has 0 bridgehead atoms. The van der Waals surface area contributed by atoms with Crippen LogP contribution >= 0.6 is 0 Å². The highest BCUT2D eigenvalue weighted by atomic mass is 19.4. The normalized spacial score (nSPS) is 15.5. The molecule has 100 valence electrons. The van der Waals surface area contributed by atoms with E-state index in [2.05, 4.69) is 0 Å². The summed E-state index contributed by atoms with van der Waals surface area (Å²) in [6.45, 7) is 0. The molecule has 1 rings (SSSR count). The summed E-state index contributed by atoms with van der Waals surface area (Å²) < 4.78 is 75.4. The Hall–Kier alpha value is -1.73. The van der Waals surface area contributed by atoms with Crippen LogP contribution < -0.4 is 0 Å². The molecular weight excluding hydrogens is 266 g/mol. The van der Waals surface area contributed by atoms with E-state index < -0.39 is 35.4 Å². The molecule has 0 amide bonds. The van der Waals surface area contributed by atoms with Crippen LogP contribution in [0.25, 0.3) is 0 Å². The highest BCUT2D eigenvalue weighted by Gasteiger charge is 2.64. The third-order valence-electron chi connectivity index (χ3n) is 2.24. The van der Waals surface area contributed by atoms with Crippen LogP contribution in [0.5, 0.6) is 0 Å². The van der Waals surface area contributed by atoms with E-state index in [0.717, 1.165) is 12.1 Å². The van der Waals surface area contributed by atoms with E-state index in [1.165, 1.54) is 0 Å². The topological polar surface area (TPSA) is 37.3 Å². The molecule has 0 saturated carbocycles. The van der Waals surface area contributed by atoms with Crippen LogP contribution in [-0.2, 0) is 5.67 Å². The fourth-order valence-corrected chi connectivity index (χ4v) is 1.29. The van der Waals surface area contributed by atoms with Gasteiger partial charge >= 0.3 is 12.1 Å². The quantitative estimate of drug-likeness (QED) is 0.856.